The van der Waals surface area contributed by atoms with Gasteiger partial charge in [0, 0.05) is 12.7 Å². The number of fused-ring (bicyclic) bond motifs is 1. The van der Waals surface area contributed by atoms with Crippen molar-refractivity contribution in [2.24, 2.45) is 0 Å². The maximum absolute atomic E-state index is 13.5. The van der Waals surface area contributed by atoms with Gasteiger partial charge in [-0.15, -0.1) is 0 Å². The van der Waals surface area contributed by atoms with Gasteiger partial charge in [-0.2, -0.15) is 0 Å². The van der Waals surface area contributed by atoms with E-state index in [1.54, 1.807) is 30.3 Å². The number of benzene rings is 3. The van der Waals surface area contributed by atoms with Crippen LogP contribution in [0.2, 0.25) is 0 Å². The zero-order chi connectivity index (χ0) is 23.6. The number of nitrogens with zero attached hydrogens (tertiary/aromatic N) is 3. The highest BCUT2D eigenvalue weighted by Gasteiger charge is 2.21. The molecule has 4 rings (SSSR count). The third kappa shape index (κ3) is 4.60. The summed E-state index contributed by atoms with van der Waals surface area (Å²) in [4.78, 5) is 29.1. The molecule has 1 heterocycles. The first-order chi connectivity index (χ1) is 15.8. The number of carbonyl (C=O) groups is 1. The first-order valence-electron chi connectivity index (χ1n) is 9.84. The number of para-hydroxylation sites is 1. The van der Waals surface area contributed by atoms with Gasteiger partial charge in [-0.05, 0) is 48.5 Å². The van der Waals surface area contributed by atoms with E-state index in [0.717, 1.165) is 14.9 Å². The maximum Gasteiger partial charge on any atom is 0.264 e. The van der Waals surface area contributed by atoms with Crippen LogP contribution in [-0.4, -0.2) is 30.9 Å². The molecule has 1 aromatic heterocycles. The highest BCUT2D eigenvalue weighted by molar-refractivity contribution is 7.92. The lowest BCUT2D eigenvalue weighted by atomic mass is 10.2. The second kappa shape index (κ2) is 8.83. The molecule has 0 saturated heterocycles. The second-order valence-electron chi connectivity index (χ2n) is 7.22. The summed E-state index contributed by atoms with van der Waals surface area (Å²) in [6, 6.07) is 18.0. The summed E-state index contributed by atoms with van der Waals surface area (Å²) in [7, 11) is -2.42. The average molecular weight is 466 g/mol. The molecule has 0 bridgehead atoms. The van der Waals surface area contributed by atoms with Gasteiger partial charge in [0.1, 0.15) is 12.4 Å². The molecule has 1 N–H and O–H groups in total. The Hall–Kier alpha value is -4.05. The Bertz CT molecular complexity index is 1500. The molecular weight excluding hydrogens is 447 g/mol. The minimum atomic E-state index is -3.86. The van der Waals surface area contributed by atoms with Crippen LogP contribution in [0.15, 0.2) is 88.8 Å². The Morgan fingerprint density at radius 3 is 2.58 bits per heavy atom. The number of carbonyl (C=O) groups excluding carboxylic acids is 1. The molecule has 0 unspecified atom stereocenters. The van der Waals surface area contributed by atoms with E-state index in [4.69, 9.17) is 0 Å². The standard InChI is InChI=1S/C23H19FN4O4S/c1-27(18-7-3-2-4-8-18)33(31,32)19-9-5-6-17(13-19)26-22(29)14-28-15-25-21-11-10-16(24)12-20(21)23(28)30/h2-13,15H,14H2,1H3,(H,26,29). The Morgan fingerprint density at radius 2 is 1.82 bits per heavy atom. The summed E-state index contributed by atoms with van der Waals surface area (Å²) < 4.78 is 41.7. The third-order valence-corrected chi connectivity index (χ3v) is 6.78. The zero-order valence-corrected chi connectivity index (χ0v) is 18.3. The smallest absolute Gasteiger partial charge is 0.264 e. The van der Waals surface area contributed by atoms with E-state index in [-0.39, 0.29) is 22.5 Å². The van der Waals surface area contributed by atoms with Gasteiger partial charge in [0.05, 0.1) is 27.8 Å². The van der Waals surface area contributed by atoms with Crippen molar-refractivity contribution in [2.75, 3.05) is 16.7 Å². The molecule has 4 aromatic rings. The van der Waals surface area contributed by atoms with Crippen molar-refractivity contribution in [3.63, 3.8) is 0 Å². The molecule has 0 aliphatic carbocycles. The van der Waals surface area contributed by atoms with Crippen LogP contribution >= 0.6 is 0 Å². The van der Waals surface area contributed by atoms with E-state index < -0.39 is 27.3 Å². The summed E-state index contributed by atoms with van der Waals surface area (Å²) in [5.41, 5.74) is 0.496. The van der Waals surface area contributed by atoms with E-state index in [2.05, 4.69) is 10.3 Å². The zero-order valence-electron chi connectivity index (χ0n) is 17.5. The van der Waals surface area contributed by atoms with Crippen LogP contribution in [0.25, 0.3) is 10.9 Å². The van der Waals surface area contributed by atoms with Crippen molar-refractivity contribution in [1.29, 1.82) is 0 Å². The number of rotatable bonds is 6. The van der Waals surface area contributed by atoms with Crippen LogP contribution in [0.3, 0.4) is 0 Å². The normalized spacial score (nSPS) is 11.3. The fraction of sp³-hybridized carbons (Fsp3) is 0.0870. The summed E-state index contributed by atoms with van der Waals surface area (Å²) >= 11 is 0. The molecule has 3 aromatic carbocycles. The molecular formula is C23H19FN4O4S. The molecule has 33 heavy (non-hydrogen) atoms. The second-order valence-corrected chi connectivity index (χ2v) is 9.19. The molecule has 10 heteroatoms. The van der Waals surface area contributed by atoms with Crippen LogP contribution in [0, 0.1) is 5.82 Å². The first kappa shape index (κ1) is 22.2. The summed E-state index contributed by atoms with van der Waals surface area (Å²) in [6.45, 7) is -0.376. The van der Waals surface area contributed by atoms with Gasteiger partial charge >= 0.3 is 0 Å². The topological polar surface area (TPSA) is 101 Å². The molecule has 0 radical (unpaired) electrons. The Morgan fingerprint density at radius 1 is 1.06 bits per heavy atom. The molecule has 0 saturated carbocycles. The summed E-state index contributed by atoms with van der Waals surface area (Å²) in [5, 5.41) is 2.64. The van der Waals surface area contributed by atoms with Crippen LogP contribution in [0.1, 0.15) is 0 Å². The van der Waals surface area contributed by atoms with Gasteiger partial charge in [0.2, 0.25) is 5.91 Å². The molecule has 8 nitrogen and oxygen atoms in total. The number of halogens is 1. The molecule has 0 aliphatic rings. The van der Waals surface area contributed by atoms with Gasteiger partial charge < -0.3 is 5.32 Å². The fourth-order valence-corrected chi connectivity index (χ4v) is 4.51. The number of hydrogen-bond acceptors (Lipinski definition) is 5. The Labute approximate surface area is 189 Å². The molecule has 0 fully saturated rings. The van der Waals surface area contributed by atoms with E-state index in [1.165, 1.54) is 49.8 Å². The molecule has 0 atom stereocenters. The van der Waals surface area contributed by atoms with Crippen molar-refractivity contribution in [3.8, 4) is 0 Å². The minimum absolute atomic E-state index is 0.00772. The van der Waals surface area contributed by atoms with Gasteiger partial charge in [-0.1, -0.05) is 24.3 Å². The van der Waals surface area contributed by atoms with E-state index in [1.807, 2.05) is 0 Å². The van der Waals surface area contributed by atoms with Crippen LogP contribution in [0.5, 0.6) is 0 Å². The van der Waals surface area contributed by atoms with E-state index in [0.29, 0.717) is 11.2 Å². The minimum Gasteiger partial charge on any atom is -0.324 e. The Kier molecular flexibility index (Phi) is 5.93. The lowest BCUT2D eigenvalue weighted by Crippen LogP contribution is -2.28. The maximum atomic E-state index is 13.5. The summed E-state index contributed by atoms with van der Waals surface area (Å²) in [5.74, 6) is -1.15. The van der Waals surface area contributed by atoms with Crippen molar-refractivity contribution in [3.05, 3.63) is 95.3 Å². The first-order valence-corrected chi connectivity index (χ1v) is 11.3. The monoisotopic (exact) mass is 466 g/mol. The quantitative estimate of drug-likeness (QED) is 0.471. The van der Waals surface area contributed by atoms with Gasteiger partial charge in [-0.25, -0.2) is 17.8 Å². The lowest BCUT2D eigenvalue weighted by molar-refractivity contribution is -0.116. The Balaban J connectivity index is 1.54. The number of aromatic nitrogens is 2. The van der Waals surface area contributed by atoms with Crippen molar-refractivity contribution < 1.29 is 17.6 Å². The molecule has 168 valence electrons. The van der Waals surface area contributed by atoms with Crippen LogP contribution in [0.4, 0.5) is 15.8 Å². The van der Waals surface area contributed by atoms with Crippen LogP contribution < -0.4 is 15.2 Å². The fourth-order valence-electron chi connectivity index (χ4n) is 3.27. The number of nitrogens with one attached hydrogen (secondary N) is 1. The number of anilines is 2. The van der Waals surface area contributed by atoms with Crippen molar-refractivity contribution in [2.45, 2.75) is 11.4 Å². The predicted octanol–water partition coefficient (Wildman–Crippen LogP) is 3.00. The van der Waals surface area contributed by atoms with Gasteiger partial charge in [0.15, 0.2) is 0 Å². The SMILES string of the molecule is CN(c1ccccc1)S(=O)(=O)c1cccc(NC(=O)Cn2cnc3ccc(F)cc3c2=O)c1. The van der Waals surface area contributed by atoms with Gasteiger partial charge in [-0.3, -0.25) is 18.5 Å². The molecule has 0 aliphatic heterocycles. The largest absolute Gasteiger partial charge is 0.324 e. The third-order valence-electron chi connectivity index (χ3n) is 5.00. The predicted molar refractivity (Wildman–Crippen MR) is 123 cm³/mol. The molecule has 0 spiro atoms. The lowest BCUT2D eigenvalue weighted by Gasteiger charge is -2.20. The van der Waals surface area contributed by atoms with Gasteiger partial charge in [0.25, 0.3) is 15.6 Å². The highest BCUT2D eigenvalue weighted by atomic mass is 32.2. The van der Waals surface area contributed by atoms with Crippen LogP contribution in [-0.2, 0) is 21.4 Å². The van der Waals surface area contributed by atoms with E-state index >= 15 is 0 Å². The molecule has 1 amide bonds. The highest BCUT2D eigenvalue weighted by Crippen LogP contribution is 2.23. The average Bonchev–Trinajstić information content (AvgIpc) is 2.81. The van der Waals surface area contributed by atoms with Crippen molar-refractivity contribution >= 4 is 38.2 Å². The number of sulfonamides is 1. The number of hydrogen-bond donors (Lipinski definition) is 1. The summed E-state index contributed by atoms with van der Waals surface area (Å²) in [6.07, 6.45) is 1.21. The van der Waals surface area contributed by atoms with E-state index in [9.17, 15) is 22.4 Å². The number of amides is 1. The van der Waals surface area contributed by atoms with Crippen molar-refractivity contribution in [1.82, 2.24) is 9.55 Å².